The molecule has 63 heavy (non-hydrogen) atoms. The van der Waals surface area contributed by atoms with Crippen LogP contribution in [-0.4, -0.2) is 4.57 Å². The Morgan fingerprint density at radius 3 is 1.52 bits per heavy atom. The molecular formula is C61H50N2. The van der Waals surface area contributed by atoms with Gasteiger partial charge >= 0.3 is 0 Å². The van der Waals surface area contributed by atoms with Crippen molar-refractivity contribution in [3.8, 4) is 27.9 Å². The largest absolute Gasteiger partial charge is 0.310 e. The Bertz CT molecular complexity index is 3350. The van der Waals surface area contributed by atoms with Crippen molar-refractivity contribution in [2.24, 2.45) is 0 Å². The van der Waals surface area contributed by atoms with Crippen LogP contribution in [0.4, 0.5) is 17.1 Å². The van der Waals surface area contributed by atoms with Gasteiger partial charge in [-0.1, -0.05) is 181 Å². The van der Waals surface area contributed by atoms with Crippen LogP contribution in [0.25, 0.3) is 60.5 Å². The van der Waals surface area contributed by atoms with Crippen molar-refractivity contribution in [2.75, 3.05) is 4.90 Å². The van der Waals surface area contributed by atoms with Gasteiger partial charge in [-0.15, -0.1) is 0 Å². The van der Waals surface area contributed by atoms with E-state index in [1.54, 1.807) is 0 Å². The normalized spacial score (nSPS) is 13.7. The second-order valence-electron chi connectivity index (χ2n) is 19.7. The van der Waals surface area contributed by atoms with E-state index in [9.17, 15) is 0 Å². The van der Waals surface area contributed by atoms with E-state index in [-0.39, 0.29) is 10.8 Å². The van der Waals surface area contributed by atoms with Crippen LogP contribution in [0, 0.1) is 0 Å². The van der Waals surface area contributed by atoms with Gasteiger partial charge in [0.25, 0.3) is 0 Å². The molecule has 1 aromatic heterocycles. The second kappa shape index (κ2) is 13.4. The van der Waals surface area contributed by atoms with E-state index in [2.05, 4.69) is 245 Å². The Morgan fingerprint density at radius 2 is 0.921 bits per heavy atom. The van der Waals surface area contributed by atoms with Crippen molar-refractivity contribution in [1.29, 1.82) is 0 Å². The average Bonchev–Trinajstić information content (AvgIpc) is 3.80. The van der Waals surface area contributed by atoms with Gasteiger partial charge in [0.1, 0.15) is 0 Å². The Hall–Kier alpha value is -7.16. The first kappa shape index (κ1) is 37.6. The molecule has 0 atom stereocenters. The van der Waals surface area contributed by atoms with Crippen molar-refractivity contribution in [2.45, 2.75) is 57.8 Å². The monoisotopic (exact) mass is 810 g/mol. The third-order valence-electron chi connectivity index (χ3n) is 14.1. The predicted octanol–water partition coefficient (Wildman–Crippen LogP) is 16.3. The van der Waals surface area contributed by atoms with Gasteiger partial charge in [0.05, 0.1) is 22.1 Å². The maximum Gasteiger partial charge on any atom is 0.0726 e. The first-order valence-corrected chi connectivity index (χ1v) is 22.4. The number of rotatable bonds is 5. The smallest absolute Gasteiger partial charge is 0.0726 e. The SMILES string of the molecule is CC(C)(C)c1ccc2c(c1)-c1cc(C(C)(C)C)ccc1C21c2ccc(N(c3ccccc3)c3ccccc3)c3ccc4c(c23)c2c1cccc2n4-c1cccc(-c2ccccc2)c1. The molecule has 2 aliphatic carbocycles. The van der Waals surface area contributed by atoms with Gasteiger partial charge in [0, 0.05) is 33.2 Å². The molecule has 0 saturated carbocycles. The Kier molecular flexibility index (Phi) is 8.01. The molecule has 0 aliphatic heterocycles. The minimum Gasteiger partial charge on any atom is -0.310 e. The van der Waals surface area contributed by atoms with E-state index in [0.29, 0.717) is 0 Å². The molecule has 12 rings (SSSR count). The second-order valence-corrected chi connectivity index (χ2v) is 19.7. The topological polar surface area (TPSA) is 8.17 Å². The molecule has 0 amide bonds. The summed E-state index contributed by atoms with van der Waals surface area (Å²) in [5.74, 6) is 0. The van der Waals surface area contributed by atoms with Gasteiger partial charge in [-0.25, -0.2) is 0 Å². The maximum atomic E-state index is 2.53. The Morgan fingerprint density at radius 1 is 0.397 bits per heavy atom. The highest BCUT2D eigenvalue weighted by Gasteiger charge is 2.51. The van der Waals surface area contributed by atoms with Crippen LogP contribution in [0.1, 0.15) is 74.9 Å². The van der Waals surface area contributed by atoms with Crippen LogP contribution >= 0.6 is 0 Å². The molecule has 0 bridgehead atoms. The number of hydrogen-bond acceptors (Lipinski definition) is 1. The van der Waals surface area contributed by atoms with Crippen LogP contribution < -0.4 is 4.90 Å². The molecule has 0 N–H and O–H groups in total. The molecule has 0 radical (unpaired) electrons. The molecule has 0 saturated heterocycles. The van der Waals surface area contributed by atoms with Gasteiger partial charge in [0.15, 0.2) is 0 Å². The molecule has 10 aromatic rings. The summed E-state index contributed by atoms with van der Waals surface area (Å²) >= 11 is 0. The Balaban J connectivity index is 1.25. The summed E-state index contributed by atoms with van der Waals surface area (Å²) in [6.45, 7) is 14.0. The van der Waals surface area contributed by atoms with Crippen molar-refractivity contribution in [3.63, 3.8) is 0 Å². The molecule has 9 aromatic carbocycles. The summed E-state index contributed by atoms with van der Waals surface area (Å²) in [7, 11) is 0. The van der Waals surface area contributed by atoms with Gasteiger partial charge < -0.3 is 9.47 Å². The van der Waals surface area contributed by atoms with Crippen molar-refractivity contribution >= 4 is 49.6 Å². The van der Waals surface area contributed by atoms with E-state index in [0.717, 1.165) is 17.1 Å². The third kappa shape index (κ3) is 5.37. The predicted molar refractivity (Wildman–Crippen MR) is 267 cm³/mol. The Labute approximate surface area is 370 Å². The van der Waals surface area contributed by atoms with Gasteiger partial charge in [-0.2, -0.15) is 0 Å². The zero-order valence-electron chi connectivity index (χ0n) is 36.9. The summed E-state index contributed by atoms with van der Waals surface area (Å²) in [6.07, 6.45) is 0. The summed E-state index contributed by atoms with van der Waals surface area (Å²) in [6, 6.07) is 73.2. The number of para-hydroxylation sites is 2. The fourth-order valence-corrected chi connectivity index (χ4v) is 11.1. The van der Waals surface area contributed by atoms with Crippen LogP contribution in [0.2, 0.25) is 0 Å². The number of nitrogens with zero attached hydrogens (tertiary/aromatic N) is 2. The third-order valence-corrected chi connectivity index (χ3v) is 14.1. The fraction of sp³-hybridized carbons (Fsp3) is 0.148. The molecule has 2 heteroatoms. The van der Waals surface area contributed by atoms with Crippen LogP contribution in [0.3, 0.4) is 0 Å². The molecule has 2 nitrogen and oxygen atoms in total. The highest BCUT2D eigenvalue weighted by molar-refractivity contribution is 6.28. The minimum absolute atomic E-state index is 0.00329. The number of fused-ring (bicyclic) bond motifs is 7. The van der Waals surface area contributed by atoms with Gasteiger partial charge in [0.2, 0.25) is 0 Å². The lowest BCUT2D eigenvalue weighted by Crippen LogP contribution is -2.31. The van der Waals surface area contributed by atoms with Crippen LogP contribution in [-0.2, 0) is 16.2 Å². The minimum atomic E-state index is -0.558. The average molecular weight is 811 g/mol. The number of aromatic nitrogens is 1. The quantitative estimate of drug-likeness (QED) is 0.168. The summed E-state index contributed by atoms with van der Waals surface area (Å²) in [5, 5.41) is 5.21. The molecule has 2 aliphatic rings. The van der Waals surface area contributed by atoms with E-state index in [4.69, 9.17) is 0 Å². The van der Waals surface area contributed by atoms with E-state index in [1.807, 2.05) is 0 Å². The van der Waals surface area contributed by atoms with Crippen molar-refractivity contribution in [1.82, 2.24) is 4.57 Å². The van der Waals surface area contributed by atoms with E-state index >= 15 is 0 Å². The highest BCUT2D eigenvalue weighted by Crippen LogP contribution is 2.63. The lowest BCUT2D eigenvalue weighted by Gasteiger charge is -2.39. The zero-order chi connectivity index (χ0) is 42.8. The molecule has 0 fully saturated rings. The molecule has 304 valence electrons. The van der Waals surface area contributed by atoms with Crippen LogP contribution in [0.15, 0.2) is 194 Å². The zero-order valence-corrected chi connectivity index (χ0v) is 36.9. The number of hydrogen-bond donors (Lipinski definition) is 0. The van der Waals surface area contributed by atoms with Gasteiger partial charge in [-0.3, -0.25) is 0 Å². The molecule has 1 heterocycles. The lowest BCUT2D eigenvalue weighted by molar-refractivity contribution is 0.589. The number of anilines is 3. The lowest BCUT2D eigenvalue weighted by atomic mass is 9.62. The maximum absolute atomic E-state index is 2.53. The summed E-state index contributed by atoms with van der Waals surface area (Å²) in [5.41, 5.74) is 19.7. The summed E-state index contributed by atoms with van der Waals surface area (Å²) < 4.78 is 2.53. The summed E-state index contributed by atoms with van der Waals surface area (Å²) in [4.78, 5) is 2.44. The van der Waals surface area contributed by atoms with Crippen molar-refractivity contribution in [3.05, 3.63) is 228 Å². The van der Waals surface area contributed by atoms with E-state index in [1.165, 1.54) is 93.9 Å². The standard InChI is InChI=1S/C61H50N2/c1-59(2,3)41-28-31-49-47(37-41)48-38-42(60(4,5)6)29-32-50(48)61(49)51-26-17-27-54-57(51)58-55(63(54)45-25-16-20-40(36-45)39-18-10-7-11-19-39)34-30-46-53(35-33-52(61)56(46)58)62(43-21-12-8-13-22-43)44-23-14-9-15-24-44/h7-38H,1-6H3. The van der Waals surface area contributed by atoms with Crippen molar-refractivity contribution < 1.29 is 0 Å². The highest BCUT2D eigenvalue weighted by atomic mass is 15.1. The first-order valence-electron chi connectivity index (χ1n) is 22.4. The molecular weight excluding hydrogens is 761 g/mol. The first-order chi connectivity index (χ1) is 30.5. The van der Waals surface area contributed by atoms with E-state index < -0.39 is 5.41 Å². The van der Waals surface area contributed by atoms with Crippen LogP contribution in [0.5, 0.6) is 0 Å². The number of benzene rings is 9. The fourth-order valence-electron chi connectivity index (χ4n) is 11.1. The molecule has 1 spiro atoms. The molecule has 0 unspecified atom stereocenters. The van der Waals surface area contributed by atoms with Gasteiger partial charge in [-0.05, 0) is 126 Å².